The molecular formula is C27H24F2N4O4. The number of benzodiazepines with no additional fused rings is 1. The van der Waals surface area contributed by atoms with Crippen molar-refractivity contribution in [3.8, 4) is 0 Å². The number of hydrogen-bond acceptors (Lipinski definition) is 5. The highest BCUT2D eigenvalue weighted by atomic mass is 19.1. The Hall–Kier alpha value is -4.44. The van der Waals surface area contributed by atoms with Gasteiger partial charge < -0.3 is 20.6 Å². The number of halogens is 2. The van der Waals surface area contributed by atoms with E-state index in [9.17, 15) is 28.3 Å². The minimum atomic E-state index is -1.91. The van der Waals surface area contributed by atoms with E-state index in [2.05, 4.69) is 15.6 Å². The summed E-state index contributed by atoms with van der Waals surface area (Å²) in [4.78, 5) is 44.6. The van der Waals surface area contributed by atoms with Gasteiger partial charge in [-0.25, -0.2) is 13.8 Å². The molecule has 0 saturated carbocycles. The van der Waals surface area contributed by atoms with Crippen molar-refractivity contribution in [3.63, 3.8) is 0 Å². The van der Waals surface area contributed by atoms with E-state index in [-0.39, 0.29) is 5.56 Å². The highest BCUT2D eigenvalue weighted by Crippen LogP contribution is 2.27. The molecule has 3 aromatic carbocycles. The number of aliphatic hydroxyl groups excluding tert-OH is 1. The molecule has 8 nitrogen and oxygen atoms in total. The average molecular weight is 507 g/mol. The van der Waals surface area contributed by atoms with E-state index in [0.29, 0.717) is 23.0 Å². The molecule has 190 valence electrons. The molecule has 0 spiro atoms. The van der Waals surface area contributed by atoms with Crippen LogP contribution in [0.3, 0.4) is 0 Å². The third-order valence-corrected chi connectivity index (χ3v) is 5.87. The molecule has 1 unspecified atom stereocenters. The van der Waals surface area contributed by atoms with Gasteiger partial charge in [0.25, 0.3) is 11.8 Å². The quantitative estimate of drug-likeness (QED) is 0.477. The Morgan fingerprint density at radius 1 is 0.973 bits per heavy atom. The second kappa shape index (κ2) is 10.7. The zero-order valence-electron chi connectivity index (χ0n) is 20.0. The van der Waals surface area contributed by atoms with Crippen molar-refractivity contribution in [2.24, 2.45) is 4.99 Å². The maximum absolute atomic E-state index is 13.5. The molecule has 3 aromatic rings. The van der Waals surface area contributed by atoms with Gasteiger partial charge >= 0.3 is 0 Å². The number of benzene rings is 3. The number of fused-ring (bicyclic) bond motifs is 1. The zero-order chi connectivity index (χ0) is 26.7. The first-order chi connectivity index (χ1) is 17.7. The average Bonchev–Trinajstić information content (AvgIpc) is 2.98. The molecule has 0 bridgehead atoms. The second-order valence-corrected chi connectivity index (χ2v) is 8.50. The lowest BCUT2D eigenvalue weighted by molar-refractivity contribution is -0.134. The highest BCUT2D eigenvalue weighted by molar-refractivity contribution is 6.20. The number of amides is 3. The van der Waals surface area contributed by atoms with Gasteiger partial charge in [0.2, 0.25) is 12.1 Å². The van der Waals surface area contributed by atoms with Crippen molar-refractivity contribution in [1.29, 1.82) is 0 Å². The molecule has 37 heavy (non-hydrogen) atoms. The Bertz CT molecular complexity index is 1360. The first kappa shape index (κ1) is 25.6. The number of aliphatic imine (C=N–C) groups is 1. The number of likely N-dealkylation sites (N-methyl/N-ethyl adjacent to an activating group) is 1. The number of hydrogen-bond donors (Lipinski definition) is 3. The number of nitrogens with one attached hydrogen (secondary N) is 2. The molecule has 1 aliphatic rings. The number of aliphatic hydroxyl groups is 1. The topological polar surface area (TPSA) is 111 Å². The number of carbonyl (C=O) groups is 3. The van der Waals surface area contributed by atoms with Crippen molar-refractivity contribution in [2.45, 2.75) is 25.2 Å². The summed E-state index contributed by atoms with van der Waals surface area (Å²) in [5, 5.41) is 15.0. The molecule has 1 aliphatic heterocycles. The first-order valence-electron chi connectivity index (χ1n) is 11.4. The van der Waals surface area contributed by atoms with Gasteiger partial charge in [0.05, 0.1) is 11.4 Å². The monoisotopic (exact) mass is 506 g/mol. The fourth-order valence-corrected chi connectivity index (χ4v) is 3.94. The third-order valence-electron chi connectivity index (χ3n) is 5.87. The van der Waals surface area contributed by atoms with E-state index in [1.165, 1.54) is 11.8 Å². The molecule has 1 heterocycles. The predicted molar refractivity (Wildman–Crippen MR) is 133 cm³/mol. The molecular weight excluding hydrogens is 482 g/mol. The largest absolute Gasteiger partial charge is 0.378 e. The standard InChI is InChI=1S/C27H24F2N4O4/c1-15(30-26(36)23(34)17-12-18(28)14-19(29)13-17)25(35)32-24-27(37)33(2)21-11-7-6-10-20(21)22(31-24)16-8-4-3-5-9-16/h3-15,23-24,34H,1-2H3,(H,30,36)(H,32,35)/t15-,23-,24?/m0/s1. The molecule has 0 aromatic heterocycles. The SMILES string of the molecule is C[C@H](NC(=O)[C@@H](O)c1cc(F)cc(F)c1)C(=O)NC1N=C(c2ccccc2)c2ccccc2N(C)C1=O. The smallest absolute Gasteiger partial charge is 0.272 e. The normalized spacial score (nSPS) is 16.7. The van der Waals surface area contributed by atoms with Gasteiger partial charge in [-0.15, -0.1) is 0 Å². The molecule has 3 N–H and O–H groups in total. The molecule has 3 amide bonds. The van der Waals surface area contributed by atoms with Crippen molar-refractivity contribution in [2.75, 3.05) is 11.9 Å². The van der Waals surface area contributed by atoms with Gasteiger partial charge in [-0.1, -0.05) is 48.5 Å². The highest BCUT2D eigenvalue weighted by Gasteiger charge is 2.32. The van der Waals surface area contributed by atoms with Crippen LogP contribution in [0.2, 0.25) is 0 Å². The molecule has 0 aliphatic carbocycles. The maximum Gasteiger partial charge on any atom is 0.272 e. The van der Waals surface area contributed by atoms with E-state index >= 15 is 0 Å². The molecule has 0 saturated heterocycles. The van der Waals surface area contributed by atoms with Gasteiger partial charge in [0, 0.05) is 24.2 Å². The second-order valence-electron chi connectivity index (χ2n) is 8.50. The van der Waals surface area contributed by atoms with E-state index in [1.54, 1.807) is 19.2 Å². The fourth-order valence-electron chi connectivity index (χ4n) is 3.94. The molecule has 0 radical (unpaired) electrons. The summed E-state index contributed by atoms with van der Waals surface area (Å²) < 4.78 is 26.9. The van der Waals surface area contributed by atoms with Crippen LogP contribution in [0, 0.1) is 11.6 Å². The fraction of sp³-hybridized carbons (Fsp3) is 0.185. The van der Waals surface area contributed by atoms with E-state index in [4.69, 9.17) is 0 Å². The summed E-state index contributed by atoms with van der Waals surface area (Å²) in [5.41, 5.74) is 2.24. The molecule has 4 rings (SSSR count). The Labute approximate surface area is 211 Å². The van der Waals surface area contributed by atoms with Gasteiger partial charge in [-0.05, 0) is 30.7 Å². The summed E-state index contributed by atoms with van der Waals surface area (Å²) in [7, 11) is 1.57. The Kier molecular flexibility index (Phi) is 7.40. The lowest BCUT2D eigenvalue weighted by atomic mass is 10.0. The third kappa shape index (κ3) is 5.54. The van der Waals surface area contributed by atoms with Crippen LogP contribution in [0.4, 0.5) is 14.5 Å². The molecule has 3 atom stereocenters. The minimum Gasteiger partial charge on any atom is -0.378 e. The van der Waals surface area contributed by atoms with Crippen LogP contribution in [0.25, 0.3) is 0 Å². The summed E-state index contributed by atoms with van der Waals surface area (Å²) in [5.74, 6) is -4.22. The number of carbonyl (C=O) groups excluding carboxylic acids is 3. The number of nitrogens with zero attached hydrogens (tertiary/aromatic N) is 2. The van der Waals surface area contributed by atoms with Crippen LogP contribution in [0.1, 0.15) is 29.7 Å². The van der Waals surface area contributed by atoms with E-state index in [0.717, 1.165) is 17.7 Å². The van der Waals surface area contributed by atoms with Crippen LogP contribution in [-0.2, 0) is 14.4 Å². The molecule has 0 fully saturated rings. The number of anilines is 1. The Balaban J connectivity index is 1.55. The van der Waals surface area contributed by atoms with Crippen LogP contribution in [-0.4, -0.2) is 47.8 Å². The van der Waals surface area contributed by atoms with E-state index in [1.807, 2.05) is 42.5 Å². The van der Waals surface area contributed by atoms with Crippen LogP contribution in [0.15, 0.2) is 77.8 Å². The van der Waals surface area contributed by atoms with Crippen molar-refractivity contribution in [1.82, 2.24) is 10.6 Å². The number of para-hydroxylation sites is 1. The van der Waals surface area contributed by atoms with Crippen molar-refractivity contribution in [3.05, 3.63) is 101 Å². The number of rotatable bonds is 6. The summed E-state index contributed by atoms with van der Waals surface area (Å²) in [6.07, 6.45) is -3.22. The summed E-state index contributed by atoms with van der Waals surface area (Å²) in [6.45, 7) is 1.34. The van der Waals surface area contributed by atoms with Crippen LogP contribution >= 0.6 is 0 Å². The maximum atomic E-state index is 13.5. The Morgan fingerprint density at radius 2 is 1.59 bits per heavy atom. The summed E-state index contributed by atoms with van der Waals surface area (Å²) >= 11 is 0. The van der Waals surface area contributed by atoms with Gasteiger partial charge in [-0.2, -0.15) is 0 Å². The van der Waals surface area contributed by atoms with Gasteiger partial charge in [0.15, 0.2) is 6.10 Å². The predicted octanol–water partition coefficient (Wildman–Crippen LogP) is 2.46. The van der Waals surface area contributed by atoms with Gasteiger partial charge in [-0.3, -0.25) is 14.4 Å². The van der Waals surface area contributed by atoms with Crippen LogP contribution in [0.5, 0.6) is 0 Å². The minimum absolute atomic E-state index is 0.307. The van der Waals surface area contributed by atoms with Crippen molar-refractivity contribution < 1.29 is 28.3 Å². The summed E-state index contributed by atoms with van der Waals surface area (Å²) in [6, 6.07) is 17.4. The lowest BCUT2D eigenvalue weighted by Crippen LogP contribution is -2.52. The lowest BCUT2D eigenvalue weighted by Gasteiger charge is -2.22. The van der Waals surface area contributed by atoms with Gasteiger partial charge in [0.1, 0.15) is 17.7 Å². The zero-order valence-corrected chi connectivity index (χ0v) is 20.0. The van der Waals surface area contributed by atoms with Crippen molar-refractivity contribution >= 4 is 29.1 Å². The Morgan fingerprint density at radius 3 is 2.27 bits per heavy atom. The molecule has 10 heteroatoms. The van der Waals surface area contributed by atoms with E-state index < -0.39 is 47.7 Å². The van der Waals surface area contributed by atoms with Crippen LogP contribution < -0.4 is 15.5 Å². The first-order valence-corrected chi connectivity index (χ1v) is 11.4.